The van der Waals surface area contributed by atoms with Crippen molar-refractivity contribution in [3.05, 3.63) is 133 Å². The molecule has 1 aromatic carbocycles. The van der Waals surface area contributed by atoms with Crippen LogP contribution in [-0.2, 0) is 0 Å². The van der Waals surface area contributed by atoms with E-state index in [0.29, 0.717) is 0 Å². The first-order chi connectivity index (χ1) is 12.1. The van der Waals surface area contributed by atoms with E-state index >= 15 is 0 Å². The number of rotatable bonds is 7. The van der Waals surface area contributed by atoms with Gasteiger partial charge in [-0.05, 0) is 57.7 Å². The molecular formula is C25H26. The standard InChI is InChI=1S/C23H20.C2H6/c1-5-21(23-13-7-6-8-14-23)17-20(4)18(2)15-16-19(3)22-11-9-10-12-22;1-2/h5-9,11-17H,1-4H2;1-2H3/b16-15-,21-17+;. The second kappa shape index (κ2) is 10.6. The summed E-state index contributed by atoms with van der Waals surface area (Å²) in [5, 5.41) is 0. The molecule has 1 aliphatic rings. The minimum Gasteiger partial charge on any atom is -0.120 e. The average molecular weight is 326 g/mol. The van der Waals surface area contributed by atoms with Crippen LogP contribution in [0.4, 0.5) is 0 Å². The van der Waals surface area contributed by atoms with Gasteiger partial charge in [0.05, 0.1) is 0 Å². The Morgan fingerprint density at radius 2 is 1.64 bits per heavy atom. The van der Waals surface area contributed by atoms with Crippen LogP contribution in [0.3, 0.4) is 0 Å². The first-order valence-corrected chi connectivity index (χ1v) is 8.39. The maximum absolute atomic E-state index is 4.10. The highest BCUT2D eigenvalue weighted by Gasteiger charge is 2.01. The number of benzene rings is 1. The van der Waals surface area contributed by atoms with E-state index in [0.717, 1.165) is 33.4 Å². The zero-order valence-corrected chi connectivity index (χ0v) is 15.3. The van der Waals surface area contributed by atoms with Gasteiger partial charge in [0.25, 0.3) is 0 Å². The Labute approximate surface area is 152 Å². The second-order valence-corrected chi connectivity index (χ2v) is 5.18. The summed E-state index contributed by atoms with van der Waals surface area (Å²) < 4.78 is 0. The first kappa shape index (κ1) is 20.0. The van der Waals surface area contributed by atoms with Gasteiger partial charge in [0.15, 0.2) is 0 Å². The normalized spacial score (nSPS) is 12.4. The molecule has 1 aromatic rings. The number of allylic oxidation sites excluding steroid dienone is 11. The molecule has 0 bridgehead atoms. The number of hydrogen-bond acceptors (Lipinski definition) is 0. The molecule has 25 heavy (non-hydrogen) atoms. The zero-order chi connectivity index (χ0) is 18.7. The molecule has 0 fully saturated rings. The molecule has 0 N–H and O–H groups in total. The fraction of sp³-hybridized carbons (Fsp3) is 0.0800. The molecule has 0 radical (unpaired) electrons. The maximum atomic E-state index is 4.10. The lowest BCUT2D eigenvalue weighted by molar-refractivity contribution is 1.50. The third kappa shape index (κ3) is 6.14. The Hall–Kier alpha value is -3.08. The van der Waals surface area contributed by atoms with E-state index in [9.17, 15) is 0 Å². The van der Waals surface area contributed by atoms with Crippen molar-refractivity contribution >= 4 is 5.57 Å². The molecule has 0 unspecified atom stereocenters. The molecule has 0 saturated heterocycles. The Balaban J connectivity index is 0.00000151. The maximum Gasteiger partial charge on any atom is -0.0107 e. The molecule has 0 spiro atoms. The van der Waals surface area contributed by atoms with Crippen LogP contribution in [0.1, 0.15) is 19.4 Å². The van der Waals surface area contributed by atoms with E-state index in [1.165, 1.54) is 0 Å². The molecule has 1 aliphatic carbocycles. The summed E-state index contributed by atoms with van der Waals surface area (Å²) in [7, 11) is 0. The summed E-state index contributed by atoms with van der Waals surface area (Å²) in [5.41, 5.74) is 8.83. The summed E-state index contributed by atoms with van der Waals surface area (Å²) in [4.78, 5) is 0. The van der Waals surface area contributed by atoms with Gasteiger partial charge in [0, 0.05) is 0 Å². The SMILES string of the molecule is C=C/C(=C\C(=C)C(=C)/C=C\C(=C)C1=CC=C=C1)c1ccccc1.CC. The lowest BCUT2D eigenvalue weighted by Crippen LogP contribution is -1.85. The third-order valence-corrected chi connectivity index (χ3v) is 3.52. The molecule has 2 rings (SSSR count). The van der Waals surface area contributed by atoms with Crippen molar-refractivity contribution in [3.8, 4) is 0 Å². The van der Waals surface area contributed by atoms with Crippen LogP contribution in [0.2, 0.25) is 0 Å². The third-order valence-electron chi connectivity index (χ3n) is 3.52. The predicted molar refractivity (Wildman–Crippen MR) is 113 cm³/mol. The summed E-state index contributed by atoms with van der Waals surface area (Å²) in [6, 6.07) is 10.1. The van der Waals surface area contributed by atoms with Gasteiger partial charge in [0.1, 0.15) is 0 Å². The summed E-state index contributed by atoms with van der Waals surface area (Å²) in [6.07, 6.45) is 13.5. The van der Waals surface area contributed by atoms with Crippen molar-refractivity contribution in [2.45, 2.75) is 13.8 Å². The molecule has 0 aromatic heterocycles. The quantitative estimate of drug-likeness (QED) is 0.368. The van der Waals surface area contributed by atoms with Gasteiger partial charge in [-0.15, -0.1) is 5.73 Å². The zero-order valence-electron chi connectivity index (χ0n) is 15.3. The molecular weight excluding hydrogens is 300 g/mol. The van der Waals surface area contributed by atoms with Crippen molar-refractivity contribution in [3.63, 3.8) is 0 Å². The van der Waals surface area contributed by atoms with E-state index in [1.54, 1.807) is 0 Å². The lowest BCUT2D eigenvalue weighted by atomic mass is 9.99. The smallest absolute Gasteiger partial charge is 0.0107 e. The van der Waals surface area contributed by atoms with Crippen molar-refractivity contribution in [1.82, 2.24) is 0 Å². The predicted octanol–water partition coefficient (Wildman–Crippen LogP) is 7.16. The van der Waals surface area contributed by atoms with Crippen LogP contribution in [0.15, 0.2) is 127 Å². The molecule has 126 valence electrons. The van der Waals surface area contributed by atoms with Crippen molar-refractivity contribution in [2.75, 3.05) is 0 Å². The minimum atomic E-state index is 0.844. The molecule has 0 nitrogen and oxygen atoms in total. The molecule has 0 aliphatic heterocycles. The van der Waals surface area contributed by atoms with E-state index in [1.807, 2.05) is 86.7 Å². The average Bonchev–Trinajstić information content (AvgIpc) is 3.20. The molecule has 0 atom stereocenters. The van der Waals surface area contributed by atoms with Gasteiger partial charge in [-0.3, -0.25) is 0 Å². The van der Waals surface area contributed by atoms with E-state index in [4.69, 9.17) is 0 Å². The fourth-order valence-electron chi connectivity index (χ4n) is 2.10. The Kier molecular flexibility index (Phi) is 8.50. The van der Waals surface area contributed by atoms with Crippen LogP contribution in [0.5, 0.6) is 0 Å². The topological polar surface area (TPSA) is 0 Å². The molecule has 0 heterocycles. The highest BCUT2D eigenvalue weighted by atomic mass is 14.1. The summed E-state index contributed by atoms with van der Waals surface area (Å²) in [5.74, 6) is 0. The van der Waals surface area contributed by atoms with Crippen LogP contribution in [0.25, 0.3) is 5.57 Å². The minimum absolute atomic E-state index is 0.844. The largest absolute Gasteiger partial charge is 0.120 e. The van der Waals surface area contributed by atoms with Gasteiger partial charge in [0.2, 0.25) is 0 Å². The van der Waals surface area contributed by atoms with Crippen molar-refractivity contribution < 1.29 is 0 Å². The lowest BCUT2D eigenvalue weighted by Gasteiger charge is -2.05. The van der Waals surface area contributed by atoms with Crippen molar-refractivity contribution in [2.24, 2.45) is 0 Å². The van der Waals surface area contributed by atoms with Crippen LogP contribution in [-0.4, -0.2) is 0 Å². The van der Waals surface area contributed by atoms with Gasteiger partial charge < -0.3 is 0 Å². The molecule has 0 saturated carbocycles. The van der Waals surface area contributed by atoms with E-state index in [-0.39, 0.29) is 0 Å². The van der Waals surface area contributed by atoms with Gasteiger partial charge in [-0.2, -0.15) is 0 Å². The van der Waals surface area contributed by atoms with Gasteiger partial charge in [-0.1, -0.05) is 88.7 Å². The van der Waals surface area contributed by atoms with Crippen LogP contribution in [0, 0.1) is 0 Å². The van der Waals surface area contributed by atoms with E-state index < -0.39 is 0 Å². The number of hydrogen-bond donors (Lipinski definition) is 0. The van der Waals surface area contributed by atoms with Crippen molar-refractivity contribution in [1.29, 1.82) is 0 Å². The van der Waals surface area contributed by atoms with Gasteiger partial charge in [-0.25, -0.2) is 0 Å². The Bertz CT molecular complexity index is 799. The van der Waals surface area contributed by atoms with Crippen LogP contribution >= 0.6 is 0 Å². The van der Waals surface area contributed by atoms with E-state index in [2.05, 4.69) is 32.0 Å². The fourth-order valence-corrected chi connectivity index (χ4v) is 2.10. The summed E-state index contributed by atoms with van der Waals surface area (Å²) >= 11 is 0. The van der Waals surface area contributed by atoms with Crippen LogP contribution < -0.4 is 0 Å². The second-order valence-electron chi connectivity index (χ2n) is 5.18. The van der Waals surface area contributed by atoms with Gasteiger partial charge >= 0.3 is 0 Å². The highest BCUT2D eigenvalue weighted by Crippen LogP contribution is 2.21. The summed E-state index contributed by atoms with van der Waals surface area (Å²) in [6.45, 7) is 20.1. The Morgan fingerprint density at radius 3 is 2.20 bits per heavy atom. The Morgan fingerprint density at radius 1 is 0.960 bits per heavy atom. The monoisotopic (exact) mass is 326 g/mol. The first-order valence-electron chi connectivity index (χ1n) is 8.39. The molecule has 0 amide bonds. The molecule has 0 heteroatoms. The highest BCUT2D eigenvalue weighted by molar-refractivity contribution is 5.76.